The number of hydrogen-bond donors (Lipinski definition) is 2. The molecule has 1 aliphatic rings. The number of carbonyl (C=O) groups is 3. The van der Waals surface area contributed by atoms with Gasteiger partial charge >= 0.3 is 12.0 Å². The van der Waals surface area contributed by atoms with Gasteiger partial charge < -0.3 is 10.1 Å². The molecule has 1 heterocycles. The van der Waals surface area contributed by atoms with Gasteiger partial charge in [-0.3, -0.25) is 14.9 Å². The van der Waals surface area contributed by atoms with Crippen LogP contribution in [-0.4, -0.2) is 40.3 Å². The third kappa shape index (κ3) is 4.90. The highest BCUT2D eigenvalue weighted by atomic mass is 16.5. The summed E-state index contributed by atoms with van der Waals surface area (Å²) in [7, 11) is 1.39. The Balaban J connectivity index is 1.76. The molecule has 0 atom stereocenters. The molecule has 9 nitrogen and oxygen atoms in total. The first-order valence-corrected chi connectivity index (χ1v) is 7.27. The lowest BCUT2D eigenvalue weighted by Gasteiger charge is -2.12. The van der Waals surface area contributed by atoms with Gasteiger partial charge in [-0.15, -0.1) is 0 Å². The fraction of sp³-hybridized carbons (Fsp3) is 0.500. The van der Waals surface area contributed by atoms with E-state index in [2.05, 4.69) is 15.7 Å². The van der Waals surface area contributed by atoms with E-state index in [4.69, 9.17) is 4.74 Å². The van der Waals surface area contributed by atoms with Gasteiger partial charge in [0.2, 0.25) is 0 Å². The fourth-order valence-electron chi connectivity index (χ4n) is 2.27. The zero-order valence-corrected chi connectivity index (χ0v) is 12.7. The number of aromatic nitrogens is 2. The number of nitrogens with zero attached hydrogens (tertiary/aromatic N) is 2. The highest BCUT2D eigenvalue weighted by Crippen LogP contribution is 2.17. The van der Waals surface area contributed by atoms with Crippen LogP contribution in [0.5, 0.6) is 0 Å². The van der Waals surface area contributed by atoms with Crippen molar-refractivity contribution in [1.29, 1.82) is 0 Å². The summed E-state index contributed by atoms with van der Waals surface area (Å²) in [5.74, 6) is -1.59. The molecule has 2 rings (SSSR count). The van der Waals surface area contributed by atoms with Gasteiger partial charge in [-0.05, 0) is 18.9 Å². The Morgan fingerprint density at radius 3 is 2.65 bits per heavy atom. The van der Waals surface area contributed by atoms with Crippen LogP contribution in [0.1, 0.15) is 36.2 Å². The van der Waals surface area contributed by atoms with Crippen molar-refractivity contribution >= 4 is 17.9 Å². The van der Waals surface area contributed by atoms with Crippen LogP contribution in [0.2, 0.25) is 0 Å². The fourth-order valence-corrected chi connectivity index (χ4v) is 2.27. The predicted octanol–water partition coefficient (Wildman–Crippen LogP) is -0.294. The average Bonchev–Trinajstić information content (AvgIpc) is 3.00. The maximum atomic E-state index is 11.7. The van der Waals surface area contributed by atoms with Crippen LogP contribution in [0, 0.1) is 0 Å². The number of nitrogens with one attached hydrogen (secondary N) is 2. The third-order valence-corrected chi connectivity index (χ3v) is 3.45. The van der Waals surface area contributed by atoms with Crippen molar-refractivity contribution in [1.82, 2.24) is 20.4 Å². The van der Waals surface area contributed by atoms with Crippen molar-refractivity contribution in [2.75, 3.05) is 6.61 Å². The predicted molar refractivity (Wildman–Crippen MR) is 78.7 cm³/mol. The zero-order chi connectivity index (χ0) is 16.8. The van der Waals surface area contributed by atoms with Crippen LogP contribution >= 0.6 is 0 Å². The first-order valence-electron chi connectivity index (χ1n) is 7.27. The molecule has 0 aliphatic heterocycles. The van der Waals surface area contributed by atoms with Crippen LogP contribution in [-0.2, 0) is 16.6 Å². The summed E-state index contributed by atoms with van der Waals surface area (Å²) in [5.41, 5.74) is -0.474. The van der Waals surface area contributed by atoms with Gasteiger partial charge in [0, 0.05) is 19.2 Å². The number of rotatable bonds is 4. The number of hydrogen-bond acceptors (Lipinski definition) is 6. The Morgan fingerprint density at radius 2 is 2.00 bits per heavy atom. The molecule has 9 heteroatoms. The molecule has 23 heavy (non-hydrogen) atoms. The number of amides is 3. The summed E-state index contributed by atoms with van der Waals surface area (Å²) in [4.78, 5) is 46.0. The number of aryl methyl sites for hydroxylation is 1. The van der Waals surface area contributed by atoms with Gasteiger partial charge in [-0.2, -0.15) is 5.10 Å². The number of imide groups is 1. The topological polar surface area (TPSA) is 119 Å². The molecule has 0 saturated heterocycles. The van der Waals surface area contributed by atoms with Crippen LogP contribution in [0.25, 0.3) is 0 Å². The van der Waals surface area contributed by atoms with E-state index in [-0.39, 0.29) is 17.3 Å². The molecule has 0 bridgehead atoms. The molecule has 1 aromatic heterocycles. The first kappa shape index (κ1) is 16.7. The van der Waals surface area contributed by atoms with Crippen LogP contribution in [0.4, 0.5) is 4.79 Å². The van der Waals surface area contributed by atoms with Crippen molar-refractivity contribution in [3.05, 3.63) is 28.2 Å². The molecule has 1 aliphatic carbocycles. The lowest BCUT2D eigenvalue weighted by atomic mass is 10.2. The number of ether oxygens (including phenoxy) is 1. The van der Waals surface area contributed by atoms with Crippen LogP contribution in [0.3, 0.4) is 0 Å². The average molecular weight is 322 g/mol. The molecule has 2 N–H and O–H groups in total. The van der Waals surface area contributed by atoms with E-state index < -0.39 is 24.5 Å². The maximum Gasteiger partial charge on any atom is 0.359 e. The second-order valence-electron chi connectivity index (χ2n) is 5.26. The van der Waals surface area contributed by atoms with E-state index in [1.165, 1.54) is 19.2 Å². The summed E-state index contributed by atoms with van der Waals surface area (Å²) in [6.07, 6.45) is 3.91. The Morgan fingerprint density at radius 1 is 1.30 bits per heavy atom. The molecular weight excluding hydrogens is 304 g/mol. The normalized spacial score (nSPS) is 14.3. The molecular formula is C14H18N4O5. The van der Waals surface area contributed by atoms with Crippen molar-refractivity contribution in [3.8, 4) is 0 Å². The largest absolute Gasteiger partial charge is 0.451 e. The van der Waals surface area contributed by atoms with Crippen LogP contribution < -0.4 is 16.2 Å². The molecule has 0 radical (unpaired) electrons. The van der Waals surface area contributed by atoms with E-state index in [0.29, 0.717) is 0 Å². The molecule has 3 amide bonds. The molecule has 0 unspecified atom stereocenters. The van der Waals surface area contributed by atoms with Crippen molar-refractivity contribution < 1.29 is 19.1 Å². The summed E-state index contributed by atoms with van der Waals surface area (Å²) >= 11 is 0. The molecule has 0 aromatic carbocycles. The minimum atomic E-state index is -0.855. The quantitative estimate of drug-likeness (QED) is 0.735. The number of esters is 1. The molecule has 124 valence electrons. The van der Waals surface area contributed by atoms with Crippen molar-refractivity contribution in [2.45, 2.75) is 31.7 Å². The van der Waals surface area contributed by atoms with Gasteiger partial charge in [0.15, 0.2) is 12.3 Å². The van der Waals surface area contributed by atoms with Gasteiger partial charge in [-0.25, -0.2) is 14.3 Å². The molecule has 1 aromatic rings. The van der Waals surface area contributed by atoms with Gasteiger partial charge in [0.25, 0.3) is 11.5 Å². The Kier molecular flexibility index (Phi) is 5.45. The minimum Gasteiger partial charge on any atom is -0.451 e. The molecule has 1 fully saturated rings. The zero-order valence-electron chi connectivity index (χ0n) is 12.7. The van der Waals surface area contributed by atoms with Gasteiger partial charge in [0.05, 0.1) is 0 Å². The molecule has 1 saturated carbocycles. The lowest BCUT2D eigenvalue weighted by Crippen LogP contribution is -2.45. The van der Waals surface area contributed by atoms with E-state index >= 15 is 0 Å². The van der Waals surface area contributed by atoms with Crippen molar-refractivity contribution in [3.63, 3.8) is 0 Å². The third-order valence-electron chi connectivity index (χ3n) is 3.45. The Bertz CT molecular complexity index is 663. The minimum absolute atomic E-state index is 0.0835. The second kappa shape index (κ2) is 7.52. The highest BCUT2D eigenvalue weighted by molar-refractivity contribution is 5.96. The Labute approximate surface area is 132 Å². The smallest absolute Gasteiger partial charge is 0.359 e. The number of carbonyl (C=O) groups excluding carboxylic acids is 3. The molecule has 0 spiro atoms. The van der Waals surface area contributed by atoms with Crippen molar-refractivity contribution in [2.24, 2.45) is 7.05 Å². The highest BCUT2D eigenvalue weighted by Gasteiger charge is 2.19. The van der Waals surface area contributed by atoms with E-state index in [9.17, 15) is 19.2 Å². The van der Waals surface area contributed by atoms with E-state index in [1.807, 2.05) is 0 Å². The second-order valence-corrected chi connectivity index (χ2v) is 5.26. The first-order chi connectivity index (χ1) is 11.0. The van der Waals surface area contributed by atoms with Gasteiger partial charge in [0.1, 0.15) is 0 Å². The Hall–Kier alpha value is -2.71. The standard InChI is InChI=1S/C14H18N4O5/c1-18-12(20)7-6-10(17-18)13(21)23-8-11(19)16-14(22)15-9-4-2-3-5-9/h6-7,9H,2-5,8H2,1H3,(H2,15,16,19,22). The monoisotopic (exact) mass is 322 g/mol. The maximum absolute atomic E-state index is 11.7. The summed E-state index contributed by atoms with van der Waals surface area (Å²) in [6.45, 7) is -0.610. The van der Waals surface area contributed by atoms with E-state index in [1.54, 1.807) is 0 Å². The SMILES string of the molecule is Cn1nc(C(=O)OCC(=O)NC(=O)NC2CCCC2)ccc1=O. The summed E-state index contributed by atoms with van der Waals surface area (Å²) in [5, 5.41) is 8.47. The van der Waals surface area contributed by atoms with Gasteiger partial charge in [-0.1, -0.05) is 12.8 Å². The summed E-state index contributed by atoms with van der Waals surface area (Å²) in [6, 6.07) is 1.85. The number of urea groups is 1. The van der Waals surface area contributed by atoms with E-state index in [0.717, 1.165) is 30.4 Å². The lowest BCUT2D eigenvalue weighted by molar-refractivity contribution is -0.123. The van der Waals surface area contributed by atoms with Crippen LogP contribution in [0.15, 0.2) is 16.9 Å². The summed E-state index contributed by atoms with van der Waals surface area (Å²) < 4.78 is 5.72.